The van der Waals surface area contributed by atoms with Gasteiger partial charge in [-0.1, -0.05) is 59.8 Å². The van der Waals surface area contributed by atoms with Gasteiger partial charge < -0.3 is 10.1 Å². The Bertz CT molecular complexity index is 1200. The lowest BCUT2D eigenvalue weighted by atomic mass is 10.2. The Morgan fingerprint density at radius 2 is 1.84 bits per heavy atom. The van der Waals surface area contributed by atoms with Gasteiger partial charge >= 0.3 is 0 Å². The first-order valence-electron chi connectivity index (χ1n) is 9.82. The zero-order valence-corrected chi connectivity index (χ0v) is 18.8. The van der Waals surface area contributed by atoms with Crippen LogP contribution in [0.15, 0.2) is 78.1 Å². The van der Waals surface area contributed by atoms with Crippen molar-refractivity contribution in [1.29, 1.82) is 0 Å². The van der Waals surface area contributed by atoms with Gasteiger partial charge in [0.05, 0.1) is 10.8 Å². The van der Waals surface area contributed by atoms with Crippen LogP contribution in [-0.4, -0.2) is 31.4 Å². The summed E-state index contributed by atoms with van der Waals surface area (Å²) in [6, 6.07) is 20.9. The smallest absolute Gasteiger partial charge is 0.236 e. The Morgan fingerprint density at radius 3 is 2.59 bits per heavy atom. The lowest BCUT2D eigenvalue weighted by Crippen LogP contribution is -2.15. The van der Waals surface area contributed by atoms with E-state index < -0.39 is 0 Å². The van der Waals surface area contributed by atoms with Gasteiger partial charge in [-0.2, -0.15) is 0 Å². The second kappa shape index (κ2) is 10.3. The molecule has 0 atom stereocenters. The summed E-state index contributed by atoms with van der Waals surface area (Å²) in [6.07, 6.45) is 1.48. The quantitative estimate of drug-likeness (QED) is 0.371. The monoisotopic (exact) mass is 465 g/mol. The first-order chi connectivity index (χ1) is 15.6. The van der Waals surface area contributed by atoms with Crippen molar-refractivity contribution in [2.45, 2.75) is 18.7 Å². The van der Waals surface area contributed by atoms with Crippen LogP contribution in [0.3, 0.4) is 0 Å². The van der Waals surface area contributed by atoms with Crippen molar-refractivity contribution in [2.24, 2.45) is 0 Å². The van der Waals surface area contributed by atoms with Crippen LogP contribution in [0, 0.1) is 6.92 Å². The number of benzene rings is 2. The van der Waals surface area contributed by atoms with Gasteiger partial charge in [-0.05, 0) is 42.8 Å². The third-order valence-corrected chi connectivity index (χ3v) is 5.64. The van der Waals surface area contributed by atoms with E-state index in [9.17, 15) is 4.79 Å². The van der Waals surface area contributed by atoms with Crippen LogP contribution in [0.25, 0.3) is 5.69 Å². The zero-order valence-electron chi connectivity index (χ0n) is 17.2. The first-order valence-corrected chi connectivity index (χ1v) is 11.2. The van der Waals surface area contributed by atoms with Gasteiger partial charge in [0, 0.05) is 11.9 Å². The van der Waals surface area contributed by atoms with Crippen molar-refractivity contribution in [3.8, 4) is 11.4 Å². The van der Waals surface area contributed by atoms with Crippen LogP contribution in [0.2, 0.25) is 5.02 Å². The van der Waals surface area contributed by atoms with E-state index in [2.05, 4.69) is 20.5 Å². The molecule has 0 aliphatic rings. The molecule has 0 aliphatic carbocycles. The van der Waals surface area contributed by atoms with E-state index in [1.54, 1.807) is 12.1 Å². The number of thioether (sulfide) groups is 1. The summed E-state index contributed by atoms with van der Waals surface area (Å²) in [6.45, 7) is 2.24. The molecule has 9 heteroatoms. The maximum absolute atomic E-state index is 12.4. The molecule has 0 saturated heterocycles. The van der Waals surface area contributed by atoms with Crippen LogP contribution in [0.5, 0.6) is 5.75 Å². The lowest BCUT2D eigenvalue weighted by Gasteiger charge is -2.12. The fraction of sp³-hybridized carbons (Fsp3) is 0.130. The largest absolute Gasteiger partial charge is 0.485 e. The highest BCUT2D eigenvalue weighted by Crippen LogP contribution is 2.24. The summed E-state index contributed by atoms with van der Waals surface area (Å²) >= 11 is 7.12. The summed E-state index contributed by atoms with van der Waals surface area (Å²) in [7, 11) is 0. The Labute approximate surface area is 194 Å². The molecule has 1 amide bonds. The summed E-state index contributed by atoms with van der Waals surface area (Å²) in [4.78, 5) is 16.5. The molecule has 0 aliphatic heterocycles. The standard InChI is InChI=1S/C23H20ClN5O2S/c1-16-7-5-6-10-19(16)31-14-21-27-28-23(29(21)18-8-3-2-4-9-18)32-15-22(30)26-20-12-11-17(24)13-25-20/h2-13H,14-15H2,1H3,(H,25,26,30). The van der Waals surface area contributed by atoms with E-state index in [0.717, 1.165) is 17.0 Å². The number of aryl methyl sites for hydroxylation is 1. The minimum absolute atomic E-state index is 0.147. The number of nitrogens with zero attached hydrogens (tertiary/aromatic N) is 4. The van der Waals surface area contributed by atoms with Gasteiger partial charge in [-0.15, -0.1) is 10.2 Å². The van der Waals surface area contributed by atoms with Gasteiger partial charge in [0.2, 0.25) is 5.91 Å². The summed E-state index contributed by atoms with van der Waals surface area (Å²) in [5, 5.41) is 12.5. The van der Waals surface area contributed by atoms with Crippen molar-refractivity contribution in [1.82, 2.24) is 19.7 Å². The van der Waals surface area contributed by atoms with E-state index in [4.69, 9.17) is 16.3 Å². The maximum atomic E-state index is 12.4. The Balaban J connectivity index is 1.49. The second-order valence-electron chi connectivity index (χ2n) is 6.82. The van der Waals surface area contributed by atoms with Crippen LogP contribution in [0.1, 0.15) is 11.4 Å². The predicted molar refractivity (Wildman–Crippen MR) is 125 cm³/mol. The number of para-hydroxylation sites is 2. The molecule has 4 aromatic rings. The number of rotatable bonds is 8. The predicted octanol–water partition coefficient (Wildman–Crippen LogP) is 4.93. The second-order valence-corrected chi connectivity index (χ2v) is 8.20. The van der Waals surface area contributed by atoms with E-state index >= 15 is 0 Å². The number of halogens is 1. The molecule has 7 nitrogen and oxygen atoms in total. The fourth-order valence-electron chi connectivity index (χ4n) is 2.94. The molecule has 2 heterocycles. The minimum atomic E-state index is -0.204. The fourth-order valence-corrected chi connectivity index (χ4v) is 3.83. The van der Waals surface area contributed by atoms with E-state index in [0.29, 0.717) is 21.8 Å². The molecular weight excluding hydrogens is 446 g/mol. The summed E-state index contributed by atoms with van der Waals surface area (Å²) in [5.74, 6) is 1.82. The average molecular weight is 466 g/mol. The molecule has 0 saturated carbocycles. The molecule has 162 valence electrons. The Morgan fingerprint density at radius 1 is 1.06 bits per heavy atom. The number of aromatic nitrogens is 4. The maximum Gasteiger partial charge on any atom is 0.236 e. The molecule has 4 rings (SSSR count). The molecule has 1 N–H and O–H groups in total. The number of hydrogen-bond acceptors (Lipinski definition) is 6. The van der Waals surface area contributed by atoms with Crippen molar-refractivity contribution in [2.75, 3.05) is 11.1 Å². The van der Waals surface area contributed by atoms with Crippen molar-refractivity contribution >= 4 is 35.1 Å². The lowest BCUT2D eigenvalue weighted by molar-refractivity contribution is -0.113. The van der Waals surface area contributed by atoms with Crippen molar-refractivity contribution in [3.63, 3.8) is 0 Å². The van der Waals surface area contributed by atoms with E-state index in [1.165, 1.54) is 18.0 Å². The van der Waals surface area contributed by atoms with Crippen LogP contribution in [0.4, 0.5) is 5.82 Å². The normalized spacial score (nSPS) is 10.7. The third kappa shape index (κ3) is 5.46. The number of anilines is 1. The number of pyridine rings is 1. The van der Waals surface area contributed by atoms with Crippen LogP contribution < -0.4 is 10.1 Å². The summed E-state index contributed by atoms with van der Waals surface area (Å²) < 4.78 is 7.88. The van der Waals surface area contributed by atoms with Gasteiger partial charge in [0.1, 0.15) is 18.2 Å². The first kappa shape index (κ1) is 21.9. The highest BCUT2D eigenvalue weighted by molar-refractivity contribution is 7.99. The number of nitrogens with one attached hydrogen (secondary N) is 1. The number of amides is 1. The number of hydrogen-bond donors (Lipinski definition) is 1. The van der Waals surface area contributed by atoms with Crippen molar-refractivity contribution < 1.29 is 9.53 Å². The Kier molecular flexibility index (Phi) is 7.03. The SMILES string of the molecule is Cc1ccccc1OCc1nnc(SCC(=O)Nc2ccc(Cl)cn2)n1-c1ccccc1. The van der Waals surface area contributed by atoms with Gasteiger partial charge in [-0.25, -0.2) is 4.98 Å². The van der Waals surface area contributed by atoms with Gasteiger partial charge in [0.15, 0.2) is 11.0 Å². The van der Waals surface area contributed by atoms with E-state index in [1.807, 2.05) is 66.1 Å². The number of ether oxygens (including phenoxy) is 1. The highest BCUT2D eigenvalue weighted by Gasteiger charge is 2.17. The highest BCUT2D eigenvalue weighted by atomic mass is 35.5. The molecule has 0 fully saturated rings. The van der Waals surface area contributed by atoms with E-state index in [-0.39, 0.29) is 18.3 Å². The molecule has 2 aromatic heterocycles. The molecule has 32 heavy (non-hydrogen) atoms. The molecule has 0 unspecified atom stereocenters. The molecule has 2 aromatic carbocycles. The zero-order chi connectivity index (χ0) is 22.3. The number of carbonyl (C=O) groups excluding carboxylic acids is 1. The van der Waals surface area contributed by atoms with Crippen molar-refractivity contribution in [3.05, 3.63) is 89.3 Å². The topological polar surface area (TPSA) is 81.9 Å². The Hall–Kier alpha value is -3.36. The van der Waals surface area contributed by atoms with Crippen LogP contribution >= 0.6 is 23.4 Å². The van der Waals surface area contributed by atoms with Crippen LogP contribution in [-0.2, 0) is 11.4 Å². The third-order valence-electron chi connectivity index (χ3n) is 4.49. The average Bonchev–Trinajstić information content (AvgIpc) is 3.22. The van der Waals surface area contributed by atoms with Gasteiger partial charge in [0.25, 0.3) is 0 Å². The molecule has 0 bridgehead atoms. The van der Waals surface area contributed by atoms with Gasteiger partial charge in [-0.3, -0.25) is 9.36 Å². The molecule has 0 spiro atoms. The molecule has 0 radical (unpaired) electrons. The summed E-state index contributed by atoms with van der Waals surface area (Å²) in [5.41, 5.74) is 1.93. The molecular formula is C23H20ClN5O2S. The number of carbonyl (C=O) groups is 1. The minimum Gasteiger partial charge on any atom is -0.485 e.